The van der Waals surface area contributed by atoms with Crippen molar-refractivity contribution in [2.45, 2.75) is 31.6 Å². The third-order valence-corrected chi connectivity index (χ3v) is 5.38. The minimum Gasteiger partial charge on any atom is -0.590 e. The monoisotopic (exact) mass is 364 g/mol. The number of hydrogen-bond donors (Lipinski definition) is 2. The lowest BCUT2D eigenvalue weighted by atomic mass is 9.90. The van der Waals surface area contributed by atoms with Crippen molar-refractivity contribution in [3.63, 3.8) is 0 Å². The van der Waals surface area contributed by atoms with Crippen LogP contribution in [0.25, 0.3) is 0 Å². The van der Waals surface area contributed by atoms with Gasteiger partial charge in [0.05, 0.1) is 4.92 Å². The molecular formula is C16H16N2O6S. The Balaban J connectivity index is 1.89. The highest BCUT2D eigenvalue weighted by molar-refractivity contribution is 7.24. The molecule has 3 atom stereocenters. The van der Waals surface area contributed by atoms with E-state index in [1.807, 2.05) is 0 Å². The van der Waals surface area contributed by atoms with Crippen LogP contribution in [0, 0.1) is 10.1 Å². The molecule has 1 aliphatic heterocycles. The molecule has 0 saturated heterocycles. The summed E-state index contributed by atoms with van der Waals surface area (Å²) in [5, 5.41) is 25.3. The first-order valence-corrected chi connectivity index (χ1v) is 8.67. The van der Waals surface area contributed by atoms with Crippen molar-refractivity contribution in [1.82, 2.24) is 5.32 Å². The van der Waals surface area contributed by atoms with Crippen LogP contribution in [-0.4, -0.2) is 32.2 Å². The van der Waals surface area contributed by atoms with E-state index in [4.69, 9.17) is 4.74 Å². The summed E-state index contributed by atoms with van der Waals surface area (Å²) in [6, 6.07) is 5.76. The number of aliphatic hydroxyl groups excluding tert-OH is 1. The molecule has 1 aromatic heterocycles. The second-order valence-corrected chi connectivity index (χ2v) is 7.54. The van der Waals surface area contributed by atoms with Gasteiger partial charge in [0, 0.05) is 23.8 Å². The molecule has 3 rings (SSSR count). The van der Waals surface area contributed by atoms with Gasteiger partial charge in [-0.25, -0.2) is 0 Å². The van der Waals surface area contributed by atoms with Gasteiger partial charge in [-0.3, -0.25) is 14.9 Å². The Morgan fingerprint density at radius 1 is 1.32 bits per heavy atom. The van der Waals surface area contributed by atoms with E-state index in [1.165, 1.54) is 29.6 Å². The van der Waals surface area contributed by atoms with Crippen LogP contribution in [0.3, 0.4) is 0 Å². The van der Waals surface area contributed by atoms with Gasteiger partial charge in [0.15, 0.2) is 5.75 Å². The Bertz CT molecular complexity index is 830. The SMILES string of the molecule is CC1(C)Oc2cc[s+]([O-])c2C(NC(=O)c2ccc([N+](=O)[O-])cc2)C1O. The van der Waals surface area contributed by atoms with Crippen molar-refractivity contribution < 1.29 is 24.1 Å². The summed E-state index contributed by atoms with van der Waals surface area (Å²) < 4.78 is 17.8. The molecule has 1 aromatic carbocycles. The fourth-order valence-electron chi connectivity index (χ4n) is 2.73. The maximum Gasteiger partial charge on any atom is 0.269 e. The average Bonchev–Trinajstić information content (AvgIpc) is 2.91. The molecule has 2 aromatic rings. The Labute approximate surface area is 146 Å². The normalized spacial score (nSPS) is 21.8. The molecule has 8 nitrogen and oxygen atoms in total. The molecule has 132 valence electrons. The van der Waals surface area contributed by atoms with Crippen molar-refractivity contribution in [2.75, 3.05) is 0 Å². The quantitative estimate of drug-likeness (QED) is 0.489. The Hall–Kier alpha value is -2.49. The van der Waals surface area contributed by atoms with Gasteiger partial charge in [-0.2, -0.15) is 0 Å². The number of nitrogens with one attached hydrogen (secondary N) is 1. The molecule has 1 aliphatic rings. The van der Waals surface area contributed by atoms with Crippen LogP contribution in [0.1, 0.15) is 35.1 Å². The molecule has 25 heavy (non-hydrogen) atoms. The molecule has 0 aliphatic carbocycles. The van der Waals surface area contributed by atoms with Crippen molar-refractivity contribution in [2.24, 2.45) is 0 Å². The molecule has 2 heterocycles. The fourth-order valence-corrected chi connectivity index (χ4v) is 3.87. The number of carbonyl (C=O) groups is 1. The second kappa shape index (κ2) is 6.10. The highest BCUT2D eigenvalue weighted by atomic mass is 32.2. The minimum absolute atomic E-state index is 0.130. The van der Waals surface area contributed by atoms with E-state index in [-0.39, 0.29) is 11.3 Å². The minimum atomic E-state index is -1.50. The van der Waals surface area contributed by atoms with Gasteiger partial charge in [-0.1, -0.05) is 0 Å². The van der Waals surface area contributed by atoms with Crippen LogP contribution in [0.4, 0.5) is 5.69 Å². The van der Waals surface area contributed by atoms with E-state index < -0.39 is 39.3 Å². The highest BCUT2D eigenvalue weighted by Gasteiger charge is 2.48. The summed E-state index contributed by atoms with van der Waals surface area (Å²) in [5.41, 5.74) is -0.915. The Morgan fingerprint density at radius 3 is 2.56 bits per heavy atom. The molecule has 0 radical (unpaired) electrons. The number of ether oxygens (including phenoxy) is 1. The van der Waals surface area contributed by atoms with Crippen molar-refractivity contribution in [3.05, 3.63) is 56.3 Å². The zero-order valence-corrected chi connectivity index (χ0v) is 14.3. The summed E-state index contributed by atoms with van der Waals surface area (Å²) in [5.74, 6) is -0.157. The predicted molar refractivity (Wildman–Crippen MR) is 89.1 cm³/mol. The van der Waals surface area contributed by atoms with Gasteiger partial charge in [0.2, 0.25) is 4.88 Å². The van der Waals surface area contributed by atoms with Crippen LogP contribution in [-0.2, 0) is 0 Å². The zero-order valence-electron chi connectivity index (χ0n) is 13.5. The standard InChI is InChI=1S/C16H16N2O6S/c1-16(2)14(19)12(13-11(24-16)7-8-25(13)23)17-15(20)9-3-5-10(6-4-9)18(21)22/h3-8,12,14,19H,1-2H3,(H,17,20). The van der Waals surface area contributed by atoms with E-state index in [0.29, 0.717) is 10.6 Å². The van der Waals surface area contributed by atoms with Gasteiger partial charge >= 0.3 is 0 Å². The number of amides is 1. The largest absolute Gasteiger partial charge is 0.590 e. The van der Waals surface area contributed by atoms with Crippen LogP contribution < -0.4 is 10.1 Å². The van der Waals surface area contributed by atoms with Crippen molar-refractivity contribution in [1.29, 1.82) is 0 Å². The number of aliphatic hydroxyl groups is 1. The fraction of sp³-hybridized carbons (Fsp3) is 0.312. The lowest BCUT2D eigenvalue weighted by Crippen LogP contribution is -2.53. The number of nitro benzene ring substituents is 1. The van der Waals surface area contributed by atoms with E-state index >= 15 is 0 Å². The smallest absolute Gasteiger partial charge is 0.269 e. The first kappa shape index (κ1) is 17.3. The number of nitrogens with zero attached hydrogens (tertiary/aromatic N) is 1. The average molecular weight is 364 g/mol. The molecule has 0 saturated carbocycles. The number of benzene rings is 1. The summed E-state index contributed by atoms with van der Waals surface area (Å²) in [4.78, 5) is 22.9. The van der Waals surface area contributed by atoms with Gasteiger partial charge in [-0.05, 0) is 36.7 Å². The number of nitro groups is 1. The van der Waals surface area contributed by atoms with Crippen LogP contribution in [0.15, 0.2) is 35.7 Å². The van der Waals surface area contributed by atoms with Gasteiger partial charge < -0.3 is 19.7 Å². The first-order valence-electron chi connectivity index (χ1n) is 7.46. The van der Waals surface area contributed by atoms with Crippen molar-refractivity contribution >= 4 is 22.3 Å². The lowest BCUT2D eigenvalue weighted by Gasteiger charge is -2.39. The number of carbonyl (C=O) groups excluding carboxylic acids is 1. The van der Waals surface area contributed by atoms with Gasteiger partial charge in [0.1, 0.15) is 23.1 Å². The molecule has 2 N–H and O–H groups in total. The zero-order chi connectivity index (χ0) is 18.4. The summed E-state index contributed by atoms with van der Waals surface area (Å²) in [7, 11) is -1.50. The molecule has 9 heteroatoms. The Morgan fingerprint density at radius 2 is 1.96 bits per heavy atom. The number of rotatable bonds is 3. The van der Waals surface area contributed by atoms with Crippen LogP contribution in [0.5, 0.6) is 5.75 Å². The van der Waals surface area contributed by atoms with E-state index in [1.54, 1.807) is 19.9 Å². The third kappa shape index (κ3) is 3.09. The van der Waals surface area contributed by atoms with Gasteiger partial charge in [-0.15, -0.1) is 0 Å². The second-order valence-electron chi connectivity index (χ2n) is 6.23. The van der Waals surface area contributed by atoms with E-state index in [2.05, 4.69) is 5.32 Å². The third-order valence-electron chi connectivity index (χ3n) is 4.11. The molecule has 1 amide bonds. The predicted octanol–water partition coefficient (Wildman–Crippen LogP) is 2.33. The summed E-state index contributed by atoms with van der Waals surface area (Å²) in [6.07, 6.45) is -1.11. The first-order chi connectivity index (χ1) is 11.7. The topological polar surface area (TPSA) is 125 Å². The molecule has 0 fully saturated rings. The lowest BCUT2D eigenvalue weighted by molar-refractivity contribution is -0.384. The Kier molecular flexibility index (Phi) is 4.23. The molecule has 0 bridgehead atoms. The van der Waals surface area contributed by atoms with Crippen molar-refractivity contribution in [3.8, 4) is 5.75 Å². The molecule has 0 spiro atoms. The molecular weight excluding hydrogens is 348 g/mol. The number of fused-ring (bicyclic) bond motifs is 1. The summed E-state index contributed by atoms with van der Waals surface area (Å²) in [6.45, 7) is 3.34. The highest BCUT2D eigenvalue weighted by Crippen LogP contribution is 2.46. The molecule has 3 unspecified atom stereocenters. The maximum absolute atomic E-state index is 12.5. The van der Waals surface area contributed by atoms with Gasteiger partial charge in [0.25, 0.3) is 11.6 Å². The number of hydrogen-bond acceptors (Lipinski definition) is 6. The number of non-ortho nitro benzene ring substituents is 1. The number of thiophene rings is 1. The van der Waals surface area contributed by atoms with E-state index in [0.717, 1.165) is 0 Å². The van der Waals surface area contributed by atoms with Crippen LogP contribution in [0.2, 0.25) is 0 Å². The summed E-state index contributed by atoms with van der Waals surface area (Å²) >= 11 is 0. The maximum atomic E-state index is 12.5. The van der Waals surface area contributed by atoms with E-state index in [9.17, 15) is 24.6 Å². The van der Waals surface area contributed by atoms with Crippen LogP contribution >= 0.6 is 10.8 Å².